The number of carbonyl (C=O) groups is 1. The molecule has 1 aromatic carbocycles. The Labute approximate surface area is 195 Å². The van der Waals surface area contributed by atoms with E-state index in [4.69, 9.17) is 4.98 Å². The Bertz CT molecular complexity index is 1080. The molecule has 0 unspecified atom stereocenters. The first-order valence-corrected chi connectivity index (χ1v) is 12.3. The summed E-state index contributed by atoms with van der Waals surface area (Å²) in [6, 6.07) is 13.0. The minimum Gasteiger partial charge on any atom is -0.335 e. The van der Waals surface area contributed by atoms with Crippen LogP contribution in [0, 0.1) is 6.92 Å². The normalized spacial score (nSPS) is 18.0. The molecule has 1 aliphatic carbocycles. The van der Waals surface area contributed by atoms with Crippen molar-refractivity contribution in [2.45, 2.75) is 51.6 Å². The van der Waals surface area contributed by atoms with Crippen LogP contribution in [0.5, 0.6) is 0 Å². The molecule has 1 aliphatic heterocycles. The third kappa shape index (κ3) is 5.03. The maximum Gasteiger partial charge on any atom is 0.317 e. The summed E-state index contributed by atoms with van der Waals surface area (Å²) in [6.07, 6.45) is 7.87. The number of amides is 2. The topological polar surface area (TPSA) is 66.3 Å². The summed E-state index contributed by atoms with van der Waals surface area (Å²) in [5.74, 6) is 0.967. The molecule has 2 amide bonds. The molecule has 3 aromatic rings. The van der Waals surface area contributed by atoms with E-state index in [9.17, 15) is 4.79 Å². The minimum absolute atomic E-state index is 0.119. The van der Waals surface area contributed by atoms with Gasteiger partial charge in [0.25, 0.3) is 0 Å². The highest BCUT2D eigenvalue weighted by Crippen LogP contribution is 2.24. The summed E-state index contributed by atoms with van der Waals surface area (Å²) < 4.78 is 2.24. The lowest BCUT2D eigenvalue weighted by molar-refractivity contribution is 0.133. The van der Waals surface area contributed by atoms with Gasteiger partial charge in [0.1, 0.15) is 11.3 Å². The molecule has 1 saturated carbocycles. The van der Waals surface area contributed by atoms with Crippen LogP contribution in [0.2, 0.25) is 0 Å². The molecule has 0 atom stereocenters. The summed E-state index contributed by atoms with van der Waals surface area (Å²) in [6.45, 7) is 7.21. The number of aryl methyl sites for hydroxylation is 1. The number of piperazine rings is 1. The van der Waals surface area contributed by atoms with Crippen LogP contribution < -0.4 is 5.32 Å². The van der Waals surface area contributed by atoms with Gasteiger partial charge in [0.15, 0.2) is 5.65 Å². The first-order chi connectivity index (χ1) is 16.2. The fourth-order valence-corrected chi connectivity index (χ4v) is 5.02. The lowest BCUT2D eigenvalue weighted by atomic mass is 9.96. The van der Waals surface area contributed by atoms with Gasteiger partial charge in [-0.05, 0) is 31.9 Å². The lowest BCUT2D eigenvalue weighted by Crippen LogP contribution is -2.54. The summed E-state index contributed by atoms with van der Waals surface area (Å²) in [4.78, 5) is 26.6. The Morgan fingerprint density at radius 3 is 2.52 bits per heavy atom. The van der Waals surface area contributed by atoms with E-state index in [1.165, 1.54) is 24.8 Å². The molecule has 2 fully saturated rings. The zero-order valence-electron chi connectivity index (χ0n) is 19.5. The molecule has 0 spiro atoms. The number of benzene rings is 1. The molecule has 0 radical (unpaired) electrons. The summed E-state index contributed by atoms with van der Waals surface area (Å²) in [5.41, 5.74) is 4.21. The molecule has 3 heterocycles. The van der Waals surface area contributed by atoms with Crippen molar-refractivity contribution in [2.24, 2.45) is 0 Å². The van der Waals surface area contributed by atoms with Crippen molar-refractivity contribution in [1.29, 1.82) is 0 Å². The quantitative estimate of drug-likeness (QED) is 0.642. The van der Waals surface area contributed by atoms with Crippen LogP contribution in [-0.4, -0.2) is 69.1 Å². The molecule has 5 rings (SSSR count). The number of fused-ring (bicyclic) bond motifs is 1. The number of hydrogen-bond donors (Lipinski definition) is 1. The third-order valence-electron chi connectivity index (χ3n) is 7.05. The largest absolute Gasteiger partial charge is 0.335 e. The Kier molecular flexibility index (Phi) is 6.58. The van der Waals surface area contributed by atoms with Gasteiger partial charge in [0, 0.05) is 57.1 Å². The van der Waals surface area contributed by atoms with Crippen LogP contribution in [0.25, 0.3) is 22.6 Å². The van der Waals surface area contributed by atoms with Crippen LogP contribution in [-0.2, 0) is 6.54 Å². The Hall–Kier alpha value is -2.93. The maximum absolute atomic E-state index is 12.7. The molecule has 33 heavy (non-hydrogen) atoms. The number of carbonyl (C=O) groups excluding carboxylic acids is 1. The van der Waals surface area contributed by atoms with Gasteiger partial charge in [-0.3, -0.25) is 4.90 Å². The number of nitrogens with zero attached hydrogens (tertiary/aromatic N) is 5. The Morgan fingerprint density at radius 2 is 1.76 bits per heavy atom. The highest BCUT2D eigenvalue weighted by atomic mass is 16.2. The molecule has 2 aliphatic rings. The third-order valence-corrected chi connectivity index (χ3v) is 7.05. The molecule has 0 bridgehead atoms. The van der Waals surface area contributed by atoms with Gasteiger partial charge in [0.05, 0.1) is 0 Å². The summed E-state index contributed by atoms with van der Waals surface area (Å²) in [7, 11) is 0. The fraction of sp³-hybridized carbons (Fsp3) is 0.500. The molecule has 174 valence electrons. The predicted molar refractivity (Wildman–Crippen MR) is 131 cm³/mol. The van der Waals surface area contributed by atoms with Gasteiger partial charge in [0.2, 0.25) is 0 Å². The molecule has 2 aromatic heterocycles. The second kappa shape index (κ2) is 9.91. The van der Waals surface area contributed by atoms with Crippen LogP contribution >= 0.6 is 0 Å². The Morgan fingerprint density at radius 1 is 1.00 bits per heavy atom. The number of pyridine rings is 1. The van der Waals surface area contributed by atoms with Gasteiger partial charge in [-0.2, -0.15) is 0 Å². The highest BCUT2D eigenvalue weighted by molar-refractivity contribution is 5.77. The molecule has 1 N–H and O–H groups in total. The first-order valence-electron chi connectivity index (χ1n) is 12.3. The average molecular weight is 447 g/mol. The van der Waals surface area contributed by atoms with E-state index in [-0.39, 0.29) is 6.03 Å². The number of hydrogen-bond acceptors (Lipinski definition) is 4. The van der Waals surface area contributed by atoms with Gasteiger partial charge < -0.3 is 14.8 Å². The predicted octanol–water partition coefficient (Wildman–Crippen LogP) is 4.07. The van der Waals surface area contributed by atoms with Gasteiger partial charge in [-0.15, -0.1) is 0 Å². The molecule has 1 saturated heterocycles. The number of aromatic nitrogens is 3. The standard InChI is InChI=1S/C26H34N6O/c1-20-9-11-21(12-10-20)24-29-23-8-5-13-27-25(23)32(24)19-16-30-14-17-31(18-15-30)26(33)28-22-6-3-2-4-7-22/h5,8-13,22H,2-4,6-7,14-19H2,1H3,(H,28,33). The van der Waals surface area contributed by atoms with Gasteiger partial charge in [-0.1, -0.05) is 49.1 Å². The second-order valence-corrected chi connectivity index (χ2v) is 9.41. The number of rotatable bonds is 5. The van der Waals surface area contributed by atoms with E-state index in [1.807, 2.05) is 23.2 Å². The van der Waals surface area contributed by atoms with Crippen molar-refractivity contribution in [3.8, 4) is 11.4 Å². The number of nitrogens with one attached hydrogen (secondary N) is 1. The van der Waals surface area contributed by atoms with Crippen LogP contribution in [0.1, 0.15) is 37.7 Å². The van der Waals surface area contributed by atoms with E-state index in [0.29, 0.717) is 6.04 Å². The molecular formula is C26H34N6O. The average Bonchev–Trinajstić information content (AvgIpc) is 3.22. The van der Waals surface area contributed by atoms with Crippen LogP contribution in [0.3, 0.4) is 0 Å². The Balaban J connectivity index is 1.21. The van der Waals surface area contributed by atoms with Gasteiger partial charge in [-0.25, -0.2) is 14.8 Å². The SMILES string of the molecule is Cc1ccc(-c2nc3cccnc3n2CCN2CCN(C(=O)NC3CCCCC3)CC2)cc1. The van der Waals surface area contributed by atoms with Crippen molar-refractivity contribution in [2.75, 3.05) is 32.7 Å². The van der Waals surface area contributed by atoms with E-state index in [2.05, 4.69) is 51.0 Å². The number of urea groups is 1. The highest BCUT2D eigenvalue weighted by Gasteiger charge is 2.24. The zero-order chi connectivity index (χ0) is 22.6. The second-order valence-electron chi connectivity index (χ2n) is 9.41. The molecule has 7 heteroatoms. The van der Waals surface area contributed by atoms with Crippen molar-refractivity contribution < 1.29 is 4.79 Å². The first kappa shape index (κ1) is 21.9. The monoisotopic (exact) mass is 446 g/mol. The van der Waals surface area contributed by atoms with Crippen LogP contribution in [0.4, 0.5) is 4.79 Å². The lowest BCUT2D eigenvalue weighted by Gasteiger charge is -2.36. The van der Waals surface area contributed by atoms with Crippen molar-refractivity contribution in [3.05, 3.63) is 48.2 Å². The summed E-state index contributed by atoms with van der Waals surface area (Å²) in [5, 5.41) is 3.26. The van der Waals surface area contributed by atoms with Crippen molar-refractivity contribution in [1.82, 2.24) is 29.7 Å². The van der Waals surface area contributed by atoms with Crippen LogP contribution in [0.15, 0.2) is 42.6 Å². The van der Waals surface area contributed by atoms with E-state index in [1.54, 1.807) is 0 Å². The minimum atomic E-state index is 0.119. The van der Waals surface area contributed by atoms with Crippen molar-refractivity contribution >= 4 is 17.2 Å². The summed E-state index contributed by atoms with van der Waals surface area (Å²) >= 11 is 0. The maximum atomic E-state index is 12.7. The van der Waals surface area contributed by atoms with E-state index in [0.717, 1.165) is 74.7 Å². The number of imidazole rings is 1. The van der Waals surface area contributed by atoms with E-state index >= 15 is 0 Å². The smallest absolute Gasteiger partial charge is 0.317 e. The van der Waals surface area contributed by atoms with E-state index < -0.39 is 0 Å². The zero-order valence-corrected chi connectivity index (χ0v) is 19.5. The van der Waals surface area contributed by atoms with Crippen molar-refractivity contribution in [3.63, 3.8) is 0 Å². The van der Waals surface area contributed by atoms with Gasteiger partial charge >= 0.3 is 6.03 Å². The molecular weight excluding hydrogens is 412 g/mol. The molecule has 7 nitrogen and oxygen atoms in total. The fourth-order valence-electron chi connectivity index (χ4n) is 5.02.